The number of nitro benzene ring substituents is 1. The quantitative estimate of drug-likeness (QED) is 0.461. The van der Waals surface area contributed by atoms with Crippen molar-refractivity contribution in [1.82, 2.24) is 15.5 Å². The van der Waals surface area contributed by atoms with E-state index in [2.05, 4.69) is 15.5 Å². The molecule has 2 N–H and O–H groups in total. The summed E-state index contributed by atoms with van der Waals surface area (Å²) < 4.78 is 0. The first-order valence-corrected chi connectivity index (χ1v) is 6.60. The van der Waals surface area contributed by atoms with Gasteiger partial charge in [-0.3, -0.25) is 15.2 Å². The highest BCUT2D eigenvalue weighted by Crippen LogP contribution is 2.17. The van der Waals surface area contributed by atoms with Crippen molar-refractivity contribution in [2.24, 2.45) is 0 Å². The molecular formula is C14H18N4O2. The number of nitro groups is 1. The third-order valence-corrected chi connectivity index (χ3v) is 3.24. The summed E-state index contributed by atoms with van der Waals surface area (Å²) in [5, 5.41) is 21.0. The molecule has 0 aliphatic carbocycles. The first-order valence-electron chi connectivity index (χ1n) is 6.60. The number of para-hydroxylation sites is 1. The zero-order chi connectivity index (χ0) is 14.4. The predicted molar refractivity (Wildman–Crippen MR) is 76.4 cm³/mol. The van der Waals surface area contributed by atoms with Crippen molar-refractivity contribution < 1.29 is 4.92 Å². The number of H-pyrrole nitrogens is 1. The Balaban J connectivity index is 1.76. The van der Waals surface area contributed by atoms with Crippen molar-refractivity contribution in [2.75, 3.05) is 6.54 Å². The molecule has 2 aromatic rings. The summed E-state index contributed by atoms with van der Waals surface area (Å²) in [7, 11) is 0. The molecule has 0 radical (unpaired) electrons. The second-order valence-corrected chi connectivity index (χ2v) is 4.69. The van der Waals surface area contributed by atoms with Gasteiger partial charge in [0.2, 0.25) is 0 Å². The average Bonchev–Trinajstić information content (AvgIpc) is 2.84. The first kappa shape index (κ1) is 14.2. The zero-order valence-electron chi connectivity index (χ0n) is 11.4. The molecule has 0 atom stereocenters. The maximum Gasteiger partial charge on any atom is 0.273 e. The van der Waals surface area contributed by atoms with Gasteiger partial charge in [-0.25, -0.2) is 0 Å². The lowest BCUT2D eigenvalue weighted by Crippen LogP contribution is -2.16. The number of nitrogens with one attached hydrogen (secondary N) is 2. The predicted octanol–water partition coefficient (Wildman–Crippen LogP) is 2.35. The van der Waals surface area contributed by atoms with E-state index in [1.807, 2.05) is 19.2 Å². The smallest absolute Gasteiger partial charge is 0.273 e. The van der Waals surface area contributed by atoms with Gasteiger partial charge in [0.25, 0.3) is 5.69 Å². The molecule has 6 nitrogen and oxygen atoms in total. The van der Waals surface area contributed by atoms with Crippen LogP contribution in [0.3, 0.4) is 0 Å². The summed E-state index contributed by atoms with van der Waals surface area (Å²) in [5.41, 5.74) is 3.21. The molecule has 1 aromatic carbocycles. The minimum Gasteiger partial charge on any atom is -0.312 e. The minimum absolute atomic E-state index is 0.172. The normalized spacial score (nSPS) is 10.7. The molecule has 0 aliphatic heterocycles. The summed E-state index contributed by atoms with van der Waals surface area (Å²) >= 11 is 0. The standard InChI is InChI=1S/C14H18N4O2/c1-11-12(10-16-17-11)6-4-8-15-9-13-5-2-3-7-14(13)18(19)20/h2-3,5,7,10,15H,4,6,8-9H2,1H3,(H,16,17). The molecule has 0 saturated carbocycles. The van der Waals surface area contributed by atoms with Crippen LogP contribution < -0.4 is 5.32 Å². The second-order valence-electron chi connectivity index (χ2n) is 4.69. The van der Waals surface area contributed by atoms with Gasteiger partial charge in [-0.15, -0.1) is 0 Å². The fourth-order valence-corrected chi connectivity index (χ4v) is 2.09. The number of aryl methyl sites for hydroxylation is 2. The largest absolute Gasteiger partial charge is 0.312 e. The van der Waals surface area contributed by atoms with E-state index in [0.29, 0.717) is 6.54 Å². The molecule has 0 unspecified atom stereocenters. The van der Waals surface area contributed by atoms with Crippen molar-refractivity contribution >= 4 is 5.69 Å². The Morgan fingerprint density at radius 2 is 2.15 bits per heavy atom. The molecule has 106 valence electrons. The average molecular weight is 274 g/mol. The van der Waals surface area contributed by atoms with Crippen LogP contribution >= 0.6 is 0 Å². The Labute approximate surface area is 117 Å². The lowest BCUT2D eigenvalue weighted by atomic mass is 10.1. The zero-order valence-corrected chi connectivity index (χ0v) is 11.4. The monoisotopic (exact) mass is 274 g/mol. The number of aromatic amines is 1. The van der Waals surface area contributed by atoms with E-state index >= 15 is 0 Å². The highest BCUT2D eigenvalue weighted by Gasteiger charge is 2.11. The lowest BCUT2D eigenvalue weighted by Gasteiger charge is -2.05. The molecule has 0 amide bonds. The topological polar surface area (TPSA) is 83.8 Å². The second kappa shape index (κ2) is 6.81. The Hall–Kier alpha value is -2.21. The minimum atomic E-state index is -0.341. The molecule has 0 fully saturated rings. The lowest BCUT2D eigenvalue weighted by molar-refractivity contribution is -0.385. The van der Waals surface area contributed by atoms with E-state index in [1.54, 1.807) is 12.1 Å². The number of benzene rings is 1. The SMILES string of the molecule is Cc1[nH]ncc1CCCNCc1ccccc1[N+](=O)[O-]. The first-order chi connectivity index (χ1) is 9.68. The van der Waals surface area contributed by atoms with Gasteiger partial charge in [0.1, 0.15) is 0 Å². The van der Waals surface area contributed by atoms with Crippen LogP contribution in [0.1, 0.15) is 23.2 Å². The van der Waals surface area contributed by atoms with Crippen LogP contribution in [-0.4, -0.2) is 21.7 Å². The van der Waals surface area contributed by atoms with Crippen LogP contribution in [0, 0.1) is 17.0 Å². The van der Waals surface area contributed by atoms with E-state index in [-0.39, 0.29) is 10.6 Å². The van der Waals surface area contributed by atoms with Gasteiger partial charge in [0.15, 0.2) is 0 Å². The Bertz CT molecular complexity index is 580. The summed E-state index contributed by atoms with van der Waals surface area (Å²) in [6.45, 7) is 3.33. The highest BCUT2D eigenvalue weighted by molar-refractivity contribution is 5.39. The maximum atomic E-state index is 10.9. The van der Waals surface area contributed by atoms with Crippen LogP contribution in [-0.2, 0) is 13.0 Å². The van der Waals surface area contributed by atoms with E-state index in [4.69, 9.17) is 0 Å². The summed E-state index contributed by atoms with van der Waals surface area (Å²) in [4.78, 5) is 10.5. The van der Waals surface area contributed by atoms with Crippen molar-refractivity contribution in [2.45, 2.75) is 26.3 Å². The van der Waals surface area contributed by atoms with Crippen LogP contribution in [0.2, 0.25) is 0 Å². The third-order valence-electron chi connectivity index (χ3n) is 3.24. The van der Waals surface area contributed by atoms with Crippen molar-refractivity contribution in [3.8, 4) is 0 Å². The third kappa shape index (κ3) is 3.64. The van der Waals surface area contributed by atoms with Gasteiger partial charge in [-0.05, 0) is 31.9 Å². The van der Waals surface area contributed by atoms with Gasteiger partial charge >= 0.3 is 0 Å². The maximum absolute atomic E-state index is 10.9. The number of nitrogens with zero attached hydrogens (tertiary/aromatic N) is 2. The van der Waals surface area contributed by atoms with Gasteiger partial charge in [-0.1, -0.05) is 18.2 Å². The van der Waals surface area contributed by atoms with Gasteiger partial charge < -0.3 is 5.32 Å². The van der Waals surface area contributed by atoms with Gasteiger partial charge in [0.05, 0.1) is 11.1 Å². The molecule has 0 bridgehead atoms. The molecular weight excluding hydrogens is 256 g/mol. The van der Waals surface area contributed by atoms with E-state index in [9.17, 15) is 10.1 Å². The van der Waals surface area contributed by atoms with Crippen molar-refractivity contribution in [1.29, 1.82) is 0 Å². The highest BCUT2D eigenvalue weighted by atomic mass is 16.6. The molecule has 20 heavy (non-hydrogen) atoms. The Kier molecular flexibility index (Phi) is 4.84. The summed E-state index contributed by atoms with van der Waals surface area (Å²) in [6, 6.07) is 6.82. The van der Waals surface area contributed by atoms with E-state index in [1.165, 1.54) is 11.6 Å². The van der Waals surface area contributed by atoms with Crippen molar-refractivity contribution in [3.05, 3.63) is 57.4 Å². The fourth-order valence-electron chi connectivity index (χ4n) is 2.09. The van der Waals surface area contributed by atoms with Crippen molar-refractivity contribution in [3.63, 3.8) is 0 Å². The number of aromatic nitrogens is 2. The molecule has 2 rings (SSSR count). The number of hydrogen-bond donors (Lipinski definition) is 2. The van der Waals surface area contributed by atoms with Gasteiger partial charge in [0, 0.05) is 23.9 Å². The Morgan fingerprint density at radius 3 is 2.85 bits per heavy atom. The van der Waals surface area contributed by atoms with Crippen LogP contribution in [0.5, 0.6) is 0 Å². The molecule has 0 spiro atoms. The van der Waals surface area contributed by atoms with Gasteiger partial charge in [-0.2, -0.15) is 5.10 Å². The fraction of sp³-hybridized carbons (Fsp3) is 0.357. The van der Waals surface area contributed by atoms with Crippen LogP contribution in [0.4, 0.5) is 5.69 Å². The molecule has 1 heterocycles. The van der Waals surface area contributed by atoms with Crippen LogP contribution in [0.25, 0.3) is 0 Å². The van der Waals surface area contributed by atoms with E-state index < -0.39 is 0 Å². The number of rotatable bonds is 7. The number of hydrogen-bond acceptors (Lipinski definition) is 4. The molecule has 1 aromatic heterocycles. The molecule has 6 heteroatoms. The van der Waals surface area contributed by atoms with E-state index in [0.717, 1.165) is 30.6 Å². The summed E-state index contributed by atoms with van der Waals surface area (Å²) in [6.07, 6.45) is 3.77. The Morgan fingerprint density at radius 1 is 1.35 bits per heavy atom. The summed E-state index contributed by atoms with van der Waals surface area (Å²) in [5.74, 6) is 0. The molecule has 0 saturated heterocycles. The van der Waals surface area contributed by atoms with Crippen LogP contribution in [0.15, 0.2) is 30.5 Å². The molecule has 0 aliphatic rings.